The van der Waals surface area contributed by atoms with E-state index in [1.807, 2.05) is 37.3 Å². The molecule has 116 valence electrons. The van der Waals surface area contributed by atoms with Crippen LogP contribution in [0.4, 0.5) is 11.4 Å². The first-order valence-electron chi connectivity index (χ1n) is 7.04. The van der Waals surface area contributed by atoms with Crippen LogP contribution in [-0.2, 0) is 6.42 Å². The van der Waals surface area contributed by atoms with E-state index in [2.05, 4.69) is 39.6 Å². The van der Waals surface area contributed by atoms with Crippen molar-refractivity contribution < 1.29 is 4.74 Å². The van der Waals surface area contributed by atoms with E-state index in [-0.39, 0.29) is 0 Å². The quantitative estimate of drug-likeness (QED) is 0.721. The Morgan fingerprint density at radius 2 is 1.86 bits per heavy atom. The minimum absolute atomic E-state index is 0.543. The molecular weight excluding hydrogens is 360 g/mol. The highest BCUT2D eigenvalue weighted by molar-refractivity contribution is 9.10. The van der Waals surface area contributed by atoms with Gasteiger partial charge >= 0.3 is 0 Å². The Balaban J connectivity index is 2.15. The number of hydrogen-bond donors (Lipinski definition) is 2. The molecule has 0 saturated carbocycles. The molecule has 0 aromatic heterocycles. The number of methoxy groups -OCH3 is 1. The average molecular weight is 379 g/mol. The lowest BCUT2D eigenvalue weighted by atomic mass is 10.1. The van der Waals surface area contributed by atoms with Crippen LogP contribution in [-0.4, -0.2) is 12.2 Å². The van der Waals surface area contributed by atoms with Crippen LogP contribution < -0.4 is 15.4 Å². The third-order valence-corrected chi connectivity index (χ3v) is 4.00. The number of rotatable bonds is 4. The van der Waals surface area contributed by atoms with Gasteiger partial charge in [-0.05, 0) is 67.0 Å². The zero-order valence-electron chi connectivity index (χ0n) is 12.9. The summed E-state index contributed by atoms with van der Waals surface area (Å²) in [5.41, 5.74) is 4.21. The lowest BCUT2D eigenvalue weighted by Crippen LogP contribution is -2.20. The first kappa shape index (κ1) is 16.8. The molecule has 2 aromatic rings. The molecule has 22 heavy (non-hydrogen) atoms. The SMILES string of the molecule is CCc1cc(Br)ccc1NC(=S)Nc1cc(C)ccc1OC. The van der Waals surface area contributed by atoms with Crippen LogP contribution in [0.3, 0.4) is 0 Å². The minimum atomic E-state index is 0.543. The van der Waals surface area contributed by atoms with Gasteiger partial charge in [-0.15, -0.1) is 0 Å². The molecule has 0 fully saturated rings. The van der Waals surface area contributed by atoms with Crippen LogP contribution in [0.1, 0.15) is 18.1 Å². The maximum atomic E-state index is 5.42. The standard InChI is InChI=1S/C17H19BrN2OS/c1-4-12-10-13(18)6-7-14(12)19-17(22)20-15-9-11(2)5-8-16(15)21-3/h5-10H,4H2,1-3H3,(H2,19,20,22). The summed E-state index contributed by atoms with van der Waals surface area (Å²) in [4.78, 5) is 0. The first-order chi connectivity index (χ1) is 10.5. The van der Waals surface area contributed by atoms with Crippen LogP contribution in [0.15, 0.2) is 40.9 Å². The van der Waals surface area contributed by atoms with Crippen molar-refractivity contribution in [2.75, 3.05) is 17.7 Å². The van der Waals surface area contributed by atoms with Crippen molar-refractivity contribution in [3.8, 4) is 5.75 Å². The summed E-state index contributed by atoms with van der Waals surface area (Å²) < 4.78 is 6.42. The van der Waals surface area contributed by atoms with E-state index in [0.717, 1.165) is 33.6 Å². The van der Waals surface area contributed by atoms with Crippen molar-refractivity contribution in [1.29, 1.82) is 0 Å². The molecule has 0 spiro atoms. The molecule has 0 radical (unpaired) electrons. The molecule has 0 amide bonds. The fourth-order valence-electron chi connectivity index (χ4n) is 2.17. The third-order valence-electron chi connectivity index (χ3n) is 3.30. The maximum Gasteiger partial charge on any atom is 0.175 e. The molecule has 2 rings (SSSR count). The molecule has 5 heteroatoms. The summed E-state index contributed by atoms with van der Waals surface area (Å²) >= 11 is 8.91. The molecule has 0 unspecified atom stereocenters. The monoisotopic (exact) mass is 378 g/mol. The van der Waals surface area contributed by atoms with Gasteiger partial charge in [0.25, 0.3) is 0 Å². The zero-order valence-corrected chi connectivity index (χ0v) is 15.3. The largest absolute Gasteiger partial charge is 0.495 e. The minimum Gasteiger partial charge on any atom is -0.495 e. The van der Waals surface area contributed by atoms with Gasteiger partial charge in [0, 0.05) is 10.2 Å². The number of thiocarbonyl (C=S) groups is 1. The van der Waals surface area contributed by atoms with Crippen molar-refractivity contribution in [3.05, 3.63) is 52.0 Å². The van der Waals surface area contributed by atoms with Crippen molar-refractivity contribution in [1.82, 2.24) is 0 Å². The van der Waals surface area contributed by atoms with Gasteiger partial charge in [0.05, 0.1) is 12.8 Å². The molecule has 0 atom stereocenters. The van der Waals surface area contributed by atoms with Crippen LogP contribution in [0.25, 0.3) is 0 Å². The number of ether oxygens (including phenoxy) is 1. The van der Waals surface area contributed by atoms with E-state index in [9.17, 15) is 0 Å². The summed E-state index contributed by atoms with van der Waals surface area (Å²) in [6.07, 6.45) is 0.929. The molecule has 0 heterocycles. The zero-order chi connectivity index (χ0) is 16.1. The van der Waals surface area contributed by atoms with Crippen LogP contribution in [0.2, 0.25) is 0 Å². The number of benzene rings is 2. The van der Waals surface area contributed by atoms with Gasteiger partial charge in [0.1, 0.15) is 5.75 Å². The van der Waals surface area contributed by atoms with Gasteiger partial charge in [-0.3, -0.25) is 0 Å². The van der Waals surface area contributed by atoms with Crippen molar-refractivity contribution >= 4 is 44.6 Å². The van der Waals surface area contributed by atoms with E-state index in [0.29, 0.717) is 5.11 Å². The number of hydrogen-bond acceptors (Lipinski definition) is 2. The molecule has 2 aromatic carbocycles. The molecule has 2 N–H and O–H groups in total. The van der Waals surface area contributed by atoms with Gasteiger partial charge in [-0.2, -0.15) is 0 Å². The van der Waals surface area contributed by atoms with E-state index in [4.69, 9.17) is 17.0 Å². The Morgan fingerprint density at radius 3 is 2.55 bits per heavy atom. The summed E-state index contributed by atoms with van der Waals surface area (Å²) in [7, 11) is 1.65. The molecule has 0 bridgehead atoms. The van der Waals surface area contributed by atoms with Gasteiger partial charge < -0.3 is 15.4 Å². The molecular formula is C17H19BrN2OS. The fourth-order valence-corrected chi connectivity index (χ4v) is 2.80. The summed E-state index contributed by atoms with van der Waals surface area (Å²) in [5.74, 6) is 0.765. The Labute approximate surface area is 145 Å². The lowest BCUT2D eigenvalue weighted by Gasteiger charge is -2.16. The Kier molecular flexibility index (Phi) is 5.80. The normalized spacial score (nSPS) is 10.2. The second-order valence-electron chi connectivity index (χ2n) is 4.94. The highest BCUT2D eigenvalue weighted by atomic mass is 79.9. The predicted molar refractivity (Wildman–Crippen MR) is 101 cm³/mol. The van der Waals surface area contributed by atoms with Crippen LogP contribution in [0.5, 0.6) is 5.75 Å². The molecule has 0 saturated heterocycles. The maximum absolute atomic E-state index is 5.42. The summed E-state index contributed by atoms with van der Waals surface area (Å²) in [5, 5.41) is 6.99. The molecule has 3 nitrogen and oxygen atoms in total. The summed E-state index contributed by atoms with van der Waals surface area (Å²) in [6.45, 7) is 4.15. The predicted octanol–water partition coefficient (Wildman–Crippen LogP) is 5.14. The van der Waals surface area contributed by atoms with Gasteiger partial charge in [-0.25, -0.2) is 0 Å². The number of anilines is 2. The van der Waals surface area contributed by atoms with E-state index in [1.54, 1.807) is 7.11 Å². The molecule has 0 aliphatic carbocycles. The van der Waals surface area contributed by atoms with Crippen LogP contribution >= 0.6 is 28.1 Å². The van der Waals surface area contributed by atoms with E-state index < -0.39 is 0 Å². The smallest absolute Gasteiger partial charge is 0.175 e. The van der Waals surface area contributed by atoms with E-state index in [1.165, 1.54) is 5.56 Å². The second-order valence-corrected chi connectivity index (χ2v) is 6.26. The highest BCUT2D eigenvalue weighted by Gasteiger charge is 2.07. The van der Waals surface area contributed by atoms with Crippen molar-refractivity contribution in [2.45, 2.75) is 20.3 Å². The fraction of sp³-hybridized carbons (Fsp3) is 0.235. The first-order valence-corrected chi connectivity index (χ1v) is 8.24. The number of aryl methyl sites for hydroxylation is 2. The van der Waals surface area contributed by atoms with Crippen molar-refractivity contribution in [3.63, 3.8) is 0 Å². The van der Waals surface area contributed by atoms with Gasteiger partial charge in [0.15, 0.2) is 5.11 Å². The summed E-state index contributed by atoms with van der Waals surface area (Å²) in [6, 6.07) is 12.1. The molecule has 0 aliphatic rings. The second kappa shape index (κ2) is 7.61. The Morgan fingerprint density at radius 1 is 1.14 bits per heavy atom. The topological polar surface area (TPSA) is 33.3 Å². The lowest BCUT2D eigenvalue weighted by molar-refractivity contribution is 0.417. The number of nitrogens with one attached hydrogen (secondary N) is 2. The number of halogens is 1. The van der Waals surface area contributed by atoms with E-state index >= 15 is 0 Å². The Bertz CT molecular complexity index is 688. The van der Waals surface area contributed by atoms with Crippen LogP contribution in [0, 0.1) is 6.92 Å². The van der Waals surface area contributed by atoms with Gasteiger partial charge in [-0.1, -0.05) is 28.9 Å². The average Bonchev–Trinajstić information content (AvgIpc) is 2.49. The molecule has 0 aliphatic heterocycles. The van der Waals surface area contributed by atoms with Gasteiger partial charge in [0.2, 0.25) is 0 Å². The third kappa shape index (κ3) is 4.21. The highest BCUT2D eigenvalue weighted by Crippen LogP contribution is 2.26. The van der Waals surface area contributed by atoms with Crippen molar-refractivity contribution in [2.24, 2.45) is 0 Å². The Hall–Kier alpha value is -1.59.